The monoisotopic (exact) mass is 657 g/mol. The lowest BCUT2D eigenvalue weighted by Gasteiger charge is -2.35. The molecule has 3 aromatic rings. The molecule has 0 fully saturated rings. The van der Waals surface area contributed by atoms with Crippen LogP contribution >= 0.6 is 23.2 Å². The smallest absolute Gasteiger partial charge is 0.350 e. The van der Waals surface area contributed by atoms with Gasteiger partial charge in [0.15, 0.2) is 0 Å². The Morgan fingerprint density at radius 1 is 0.907 bits per heavy atom. The summed E-state index contributed by atoms with van der Waals surface area (Å²) in [7, 11) is -4.62. The van der Waals surface area contributed by atoms with Gasteiger partial charge in [-0.2, -0.15) is 13.2 Å². The maximum absolute atomic E-state index is 14.1. The van der Waals surface area contributed by atoms with Crippen molar-refractivity contribution in [2.75, 3.05) is 10.8 Å². The Balaban J connectivity index is 2.18. The molecule has 0 saturated heterocycles. The van der Waals surface area contributed by atoms with E-state index in [4.69, 9.17) is 23.2 Å². The van der Waals surface area contributed by atoms with Crippen molar-refractivity contribution in [1.29, 1.82) is 0 Å². The molecule has 1 N–H and O–H groups in total. The third-order valence-electron chi connectivity index (χ3n) is 6.33. The molecule has 1 atom stereocenters. The van der Waals surface area contributed by atoms with Crippen LogP contribution < -0.4 is 9.62 Å². The first-order valence-electron chi connectivity index (χ1n) is 13.2. The van der Waals surface area contributed by atoms with Crippen LogP contribution in [0.2, 0.25) is 10.0 Å². The quantitative estimate of drug-likeness (QED) is 0.256. The molecule has 0 spiro atoms. The predicted molar refractivity (Wildman–Crippen MR) is 161 cm³/mol. The zero-order chi connectivity index (χ0) is 32.2. The number of sulfonamides is 1. The Labute approximate surface area is 259 Å². The fourth-order valence-corrected chi connectivity index (χ4v) is 6.21. The van der Waals surface area contributed by atoms with Gasteiger partial charge in [0.05, 0.1) is 21.2 Å². The Morgan fingerprint density at radius 2 is 1.51 bits per heavy atom. The van der Waals surface area contributed by atoms with Crippen molar-refractivity contribution >= 4 is 50.7 Å². The number of anilines is 1. The first-order valence-corrected chi connectivity index (χ1v) is 15.4. The van der Waals surface area contributed by atoms with Crippen LogP contribution in [0.4, 0.5) is 18.9 Å². The normalized spacial score (nSPS) is 12.9. The third-order valence-corrected chi connectivity index (χ3v) is 8.80. The van der Waals surface area contributed by atoms with E-state index in [0.29, 0.717) is 27.0 Å². The zero-order valence-corrected chi connectivity index (χ0v) is 26.3. The number of rotatable bonds is 10. The van der Waals surface area contributed by atoms with Gasteiger partial charge in [-0.25, -0.2) is 8.42 Å². The van der Waals surface area contributed by atoms with Crippen LogP contribution in [0, 0.1) is 0 Å². The summed E-state index contributed by atoms with van der Waals surface area (Å²) in [6.07, 6.45) is -4.67. The maximum Gasteiger partial charge on any atom is 0.416 e. The molecule has 0 aliphatic carbocycles. The van der Waals surface area contributed by atoms with Crippen molar-refractivity contribution in [3.63, 3.8) is 0 Å². The summed E-state index contributed by atoms with van der Waals surface area (Å²) >= 11 is 12.7. The second-order valence-corrected chi connectivity index (χ2v) is 13.4. The number of alkyl halides is 3. The molecule has 0 aliphatic heterocycles. The van der Waals surface area contributed by atoms with Crippen molar-refractivity contribution in [2.24, 2.45) is 0 Å². The summed E-state index contributed by atoms with van der Waals surface area (Å²) in [4.78, 5) is 28.4. The highest BCUT2D eigenvalue weighted by atomic mass is 35.5. The molecule has 1 unspecified atom stereocenters. The van der Waals surface area contributed by atoms with Crippen molar-refractivity contribution in [3.05, 3.63) is 94.0 Å². The number of carbonyl (C=O) groups is 2. The lowest BCUT2D eigenvalue weighted by Crippen LogP contribution is -2.55. The van der Waals surface area contributed by atoms with Gasteiger partial charge in [-0.1, -0.05) is 66.5 Å². The van der Waals surface area contributed by atoms with E-state index >= 15 is 0 Å². The number of hydrogen-bond donors (Lipinski definition) is 1. The summed E-state index contributed by atoms with van der Waals surface area (Å²) in [6.45, 7) is 5.85. The van der Waals surface area contributed by atoms with E-state index in [1.807, 2.05) is 0 Å². The Bertz CT molecular complexity index is 1560. The molecule has 232 valence electrons. The van der Waals surface area contributed by atoms with Crippen molar-refractivity contribution in [1.82, 2.24) is 10.2 Å². The number of nitrogens with one attached hydrogen (secondary N) is 1. The molecule has 0 radical (unpaired) electrons. The van der Waals surface area contributed by atoms with E-state index in [1.54, 1.807) is 58.0 Å². The molecule has 13 heteroatoms. The standard InChI is InChI=1S/C30H32Cl2F3N3O4S/c1-5-25(28(40)36-29(2,3)4)37(18-20-11-9-10-14-23(20)31)27(39)19-38(43(41,42)22-12-7-6-8-13-22)26-17-21(30(33,34)35)15-16-24(26)32/h6-17,25H,5,18-19H2,1-4H3,(H,36,40). The van der Waals surface area contributed by atoms with Gasteiger partial charge in [0.2, 0.25) is 11.8 Å². The molecule has 2 amide bonds. The molecule has 3 rings (SSSR count). The second kappa shape index (κ2) is 13.6. The highest BCUT2D eigenvalue weighted by Gasteiger charge is 2.37. The van der Waals surface area contributed by atoms with Crippen molar-refractivity contribution < 1.29 is 31.2 Å². The van der Waals surface area contributed by atoms with E-state index in [1.165, 1.54) is 29.2 Å². The van der Waals surface area contributed by atoms with Crippen LogP contribution in [0.25, 0.3) is 0 Å². The average molecular weight is 659 g/mol. The summed E-state index contributed by atoms with van der Waals surface area (Å²) in [5.74, 6) is -1.35. The SMILES string of the molecule is CCC(C(=O)NC(C)(C)C)N(Cc1ccccc1Cl)C(=O)CN(c1cc(C(F)(F)F)ccc1Cl)S(=O)(=O)c1ccccc1. The fourth-order valence-electron chi connectivity index (χ4n) is 4.30. The van der Waals surface area contributed by atoms with Gasteiger partial charge in [-0.05, 0) is 69.2 Å². The van der Waals surface area contributed by atoms with Crippen LogP contribution in [0.1, 0.15) is 45.2 Å². The van der Waals surface area contributed by atoms with E-state index in [9.17, 15) is 31.2 Å². The van der Waals surface area contributed by atoms with E-state index in [2.05, 4.69) is 5.32 Å². The second-order valence-electron chi connectivity index (χ2n) is 10.8. The van der Waals surface area contributed by atoms with Crippen molar-refractivity contribution in [3.8, 4) is 0 Å². The molecular weight excluding hydrogens is 626 g/mol. The summed E-state index contributed by atoms with van der Waals surface area (Å²) in [6, 6.07) is 14.7. The van der Waals surface area contributed by atoms with Crippen LogP contribution in [-0.4, -0.2) is 43.3 Å². The van der Waals surface area contributed by atoms with Gasteiger partial charge in [0.25, 0.3) is 10.0 Å². The minimum Gasteiger partial charge on any atom is -0.350 e. The summed E-state index contributed by atoms with van der Waals surface area (Å²) in [5, 5.41) is 2.82. The Kier molecular flexibility index (Phi) is 10.8. The molecule has 3 aromatic carbocycles. The summed E-state index contributed by atoms with van der Waals surface area (Å²) in [5.41, 5.74) is -1.87. The van der Waals surface area contributed by atoms with Gasteiger partial charge in [-0.15, -0.1) is 0 Å². The lowest BCUT2D eigenvalue weighted by molar-refractivity contribution is -0.141. The van der Waals surface area contributed by atoms with Crippen LogP contribution in [0.3, 0.4) is 0 Å². The number of amides is 2. The number of hydrogen-bond acceptors (Lipinski definition) is 4. The van der Waals surface area contributed by atoms with Crippen LogP contribution in [-0.2, 0) is 32.3 Å². The topological polar surface area (TPSA) is 86.8 Å². The molecular formula is C30H32Cl2F3N3O4S. The van der Waals surface area contributed by atoms with Gasteiger partial charge < -0.3 is 10.2 Å². The van der Waals surface area contributed by atoms with Gasteiger partial charge >= 0.3 is 6.18 Å². The molecule has 0 saturated carbocycles. The van der Waals surface area contributed by atoms with Gasteiger partial charge in [0.1, 0.15) is 12.6 Å². The molecule has 0 bridgehead atoms. The number of carbonyl (C=O) groups excluding carboxylic acids is 2. The molecule has 0 heterocycles. The zero-order valence-electron chi connectivity index (χ0n) is 24.0. The van der Waals surface area contributed by atoms with Crippen molar-refractivity contribution in [2.45, 2.75) is 63.3 Å². The van der Waals surface area contributed by atoms with Gasteiger partial charge in [-0.3, -0.25) is 13.9 Å². The first-order chi connectivity index (χ1) is 20.0. The molecule has 0 aromatic heterocycles. The molecule has 0 aliphatic rings. The average Bonchev–Trinajstić information content (AvgIpc) is 2.91. The number of benzene rings is 3. The minimum absolute atomic E-state index is 0.147. The Hall–Kier alpha value is -3.28. The van der Waals surface area contributed by atoms with E-state index < -0.39 is 57.4 Å². The minimum atomic E-state index is -4.82. The maximum atomic E-state index is 14.1. The molecule has 43 heavy (non-hydrogen) atoms. The van der Waals surface area contributed by atoms with E-state index in [-0.39, 0.29) is 22.9 Å². The molecule has 7 nitrogen and oxygen atoms in total. The number of nitrogens with zero attached hydrogens (tertiary/aromatic N) is 2. The highest BCUT2D eigenvalue weighted by Crippen LogP contribution is 2.37. The van der Waals surface area contributed by atoms with Crippen LogP contribution in [0.15, 0.2) is 77.7 Å². The van der Waals surface area contributed by atoms with Gasteiger partial charge in [0, 0.05) is 17.1 Å². The number of halogens is 5. The fraction of sp³-hybridized carbons (Fsp3) is 0.333. The Morgan fingerprint density at radius 3 is 2.07 bits per heavy atom. The highest BCUT2D eigenvalue weighted by molar-refractivity contribution is 7.92. The predicted octanol–water partition coefficient (Wildman–Crippen LogP) is 6.93. The van der Waals surface area contributed by atoms with E-state index in [0.717, 1.165) is 6.07 Å². The lowest BCUT2D eigenvalue weighted by atomic mass is 10.1. The largest absolute Gasteiger partial charge is 0.416 e. The first kappa shape index (κ1) is 34.2. The third kappa shape index (κ3) is 8.64. The van der Waals surface area contributed by atoms with Crippen LogP contribution in [0.5, 0.6) is 0 Å². The summed E-state index contributed by atoms with van der Waals surface area (Å²) < 4.78 is 69.4.